The molecule has 0 aromatic heterocycles. The lowest BCUT2D eigenvalue weighted by atomic mass is 10.2. The molecule has 3 N–H and O–H groups in total. The zero-order valence-corrected chi connectivity index (χ0v) is 13.6. The smallest absolute Gasteiger partial charge is 0.261 e. The second-order valence-corrected chi connectivity index (χ2v) is 7.05. The molecule has 112 valence electrons. The normalized spacial score (nSPS) is 11.4. The van der Waals surface area contributed by atoms with Gasteiger partial charge in [0.15, 0.2) is 0 Å². The maximum Gasteiger partial charge on any atom is 0.261 e. The minimum absolute atomic E-state index is 0.103. The van der Waals surface area contributed by atoms with Gasteiger partial charge in [0, 0.05) is 16.6 Å². The average Bonchev–Trinajstić information content (AvgIpc) is 2.43. The van der Waals surface area contributed by atoms with Gasteiger partial charge in [-0.15, -0.1) is 0 Å². The Kier molecular flexibility index (Phi) is 4.78. The minimum Gasteiger partial charge on any atom is -0.326 e. The van der Waals surface area contributed by atoms with Crippen LogP contribution in [0.5, 0.6) is 0 Å². The average molecular weight is 345 g/mol. The quantitative estimate of drug-likeness (QED) is 0.890. The first-order chi connectivity index (χ1) is 9.83. The van der Waals surface area contributed by atoms with Gasteiger partial charge in [-0.2, -0.15) is 0 Å². The highest BCUT2D eigenvalue weighted by Gasteiger charge is 2.17. The van der Waals surface area contributed by atoms with E-state index in [1.54, 1.807) is 25.1 Å². The molecule has 2 rings (SSSR count). The lowest BCUT2D eigenvalue weighted by Gasteiger charge is -2.12. The van der Waals surface area contributed by atoms with Gasteiger partial charge < -0.3 is 5.73 Å². The fraction of sp³-hybridized carbons (Fsp3) is 0.143. The van der Waals surface area contributed by atoms with Crippen LogP contribution in [0, 0.1) is 6.92 Å². The van der Waals surface area contributed by atoms with Gasteiger partial charge in [-0.3, -0.25) is 4.72 Å². The number of hydrogen-bond acceptors (Lipinski definition) is 3. The van der Waals surface area contributed by atoms with Crippen LogP contribution >= 0.6 is 23.2 Å². The molecule has 0 aliphatic carbocycles. The molecule has 0 amide bonds. The van der Waals surface area contributed by atoms with Gasteiger partial charge in [-0.05, 0) is 48.4 Å². The molecule has 0 fully saturated rings. The van der Waals surface area contributed by atoms with Crippen molar-refractivity contribution >= 4 is 38.9 Å². The molecule has 0 aliphatic rings. The summed E-state index contributed by atoms with van der Waals surface area (Å²) in [6.45, 7) is 1.96. The van der Waals surface area contributed by atoms with Crippen LogP contribution < -0.4 is 10.5 Å². The van der Waals surface area contributed by atoms with Crippen molar-refractivity contribution in [1.82, 2.24) is 0 Å². The van der Waals surface area contributed by atoms with E-state index in [2.05, 4.69) is 4.72 Å². The standard InChI is InChI=1S/C14H14Cl2N2O2S/c1-9-2-3-11(15)7-14(9)18-21(19,20)12-4-5-13(16)10(6-12)8-17/h2-7,18H,8,17H2,1H3. The summed E-state index contributed by atoms with van der Waals surface area (Å²) in [5.74, 6) is 0. The molecule has 2 aromatic carbocycles. The summed E-state index contributed by atoms with van der Waals surface area (Å²) in [6.07, 6.45) is 0. The molecule has 4 nitrogen and oxygen atoms in total. The number of sulfonamides is 1. The van der Waals surface area contributed by atoms with Crippen LogP contribution in [0.4, 0.5) is 5.69 Å². The maximum atomic E-state index is 12.4. The van der Waals surface area contributed by atoms with E-state index in [0.717, 1.165) is 5.56 Å². The fourth-order valence-electron chi connectivity index (χ4n) is 1.78. The van der Waals surface area contributed by atoms with Gasteiger partial charge in [0.2, 0.25) is 0 Å². The summed E-state index contributed by atoms with van der Waals surface area (Å²) in [5, 5.41) is 0.896. The van der Waals surface area contributed by atoms with Crippen LogP contribution in [0.15, 0.2) is 41.3 Å². The number of benzene rings is 2. The summed E-state index contributed by atoms with van der Waals surface area (Å²) < 4.78 is 27.3. The molecule has 0 radical (unpaired) electrons. The molecule has 0 heterocycles. The zero-order valence-electron chi connectivity index (χ0n) is 11.2. The van der Waals surface area contributed by atoms with Crippen LogP contribution in [-0.2, 0) is 16.6 Å². The lowest BCUT2D eigenvalue weighted by Crippen LogP contribution is -2.14. The highest BCUT2D eigenvalue weighted by atomic mass is 35.5. The van der Waals surface area contributed by atoms with Crippen LogP contribution in [0.3, 0.4) is 0 Å². The largest absolute Gasteiger partial charge is 0.326 e. The minimum atomic E-state index is -3.72. The highest BCUT2D eigenvalue weighted by Crippen LogP contribution is 2.25. The Morgan fingerprint density at radius 1 is 1.14 bits per heavy atom. The molecule has 0 bridgehead atoms. The molecular formula is C14H14Cl2N2O2S. The van der Waals surface area contributed by atoms with Crippen molar-refractivity contribution in [2.24, 2.45) is 5.73 Å². The fourth-order valence-corrected chi connectivity index (χ4v) is 3.32. The van der Waals surface area contributed by atoms with Crippen molar-refractivity contribution in [2.45, 2.75) is 18.4 Å². The molecule has 0 atom stereocenters. The lowest BCUT2D eigenvalue weighted by molar-refractivity contribution is 0.601. The van der Waals surface area contributed by atoms with E-state index in [1.165, 1.54) is 18.2 Å². The summed E-state index contributed by atoms with van der Waals surface area (Å²) in [4.78, 5) is 0.103. The van der Waals surface area contributed by atoms with Crippen molar-refractivity contribution in [1.29, 1.82) is 0 Å². The van der Waals surface area contributed by atoms with Crippen LogP contribution in [-0.4, -0.2) is 8.42 Å². The molecule has 21 heavy (non-hydrogen) atoms. The Balaban J connectivity index is 2.41. The summed E-state index contributed by atoms with van der Waals surface area (Å²) >= 11 is 11.8. The zero-order chi connectivity index (χ0) is 15.6. The van der Waals surface area contributed by atoms with E-state index >= 15 is 0 Å². The van der Waals surface area contributed by atoms with Gasteiger partial charge in [0.1, 0.15) is 0 Å². The van der Waals surface area contributed by atoms with Crippen LogP contribution in [0.25, 0.3) is 0 Å². The molecule has 7 heteroatoms. The molecule has 0 saturated carbocycles. The van der Waals surface area contributed by atoms with E-state index in [-0.39, 0.29) is 11.4 Å². The second-order valence-electron chi connectivity index (χ2n) is 4.52. The predicted octanol–water partition coefficient (Wildman–Crippen LogP) is 3.56. The van der Waals surface area contributed by atoms with Gasteiger partial charge in [-0.25, -0.2) is 8.42 Å². The molecule has 0 unspecified atom stereocenters. The molecule has 0 spiro atoms. The highest BCUT2D eigenvalue weighted by molar-refractivity contribution is 7.92. The first-order valence-corrected chi connectivity index (χ1v) is 8.35. The van der Waals surface area contributed by atoms with Gasteiger partial charge >= 0.3 is 0 Å². The Bertz CT molecular complexity index is 777. The third-order valence-electron chi connectivity index (χ3n) is 2.99. The van der Waals surface area contributed by atoms with E-state index in [4.69, 9.17) is 28.9 Å². The molecular weight excluding hydrogens is 331 g/mol. The van der Waals surface area contributed by atoms with Crippen molar-refractivity contribution in [3.63, 3.8) is 0 Å². The Labute approximate surface area is 133 Å². The third kappa shape index (κ3) is 3.68. The van der Waals surface area contributed by atoms with Gasteiger partial charge in [-0.1, -0.05) is 29.3 Å². The molecule has 0 aliphatic heterocycles. The molecule has 0 saturated heterocycles. The Morgan fingerprint density at radius 3 is 2.52 bits per heavy atom. The van der Waals surface area contributed by atoms with E-state index in [1.807, 2.05) is 0 Å². The summed E-state index contributed by atoms with van der Waals surface area (Å²) in [7, 11) is -3.72. The number of halogens is 2. The predicted molar refractivity (Wildman–Crippen MR) is 86.3 cm³/mol. The van der Waals surface area contributed by atoms with Crippen molar-refractivity contribution in [2.75, 3.05) is 4.72 Å². The number of hydrogen-bond donors (Lipinski definition) is 2. The Morgan fingerprint density at radius 2 is 1.86 bits per heavy atom. The Hall–Kier alpha value is -1.27. The van der Waals surface area contributed by atoms with Crippen molar-refractivity contribution < 1.29 is 8.42 Å². The van der Waals surface area contributed by atoms with Crippen molar-refractivity contribution in [3.05, 3.63) is 57.6 Å². The van der Waals surface area contributed by atoms with Gasteiger partial charge in [0.05, 0.1) is 10.6 Å². The number of nitrogens with two attached hydrogens (primary N) is 1. The maximum absolute atomic E-state index is 12.4. The van der Waals surface area contributed by atoms with Crippen molar-refractivity contribution in [3.8, 4) is 0 Å². The molecule has 2 aromatic rings. The van der Waals surface area contributed by atoms with E-state index in [9.17, 15) is 8.42 Å². The summed E-state index contributed by atoms with van der Waals surface area (Å²) in [6, 6.07) is 9.42. The second kappa shape index (κ2) is 6.23. The van der Waals surface area contributed by atoms with Crippen LogP contribution in [0.2, 0.25) is 10.0 Å². The first-order valence-electron chi connectivity index (χ1n) is 6.11. The number of aryl methyl sites for hydroxylation is 1. The van der Waals surface area contributed by atoms with E-state index < -0.39 is 10.0 Å². The summed E-state index contributed by atoms with van der Waals surface area (Å²) in [5.41, 5.74) is 7.32. The van der Waals surface area contributed by atoms with E-state index in [0.29, 0.717) is 21.3 Å². The third-order valence-corrected chi connectivity index (χ3v) is 4.96. The topological polar surface area (TPSA) is 72.2 Å². The van der Waals surface area contributed by atoms with Gasteiger partial charge in [0.25, 0.3) is 10.0 Å². The first kappa shape index (κ1) is 16.1. The monoisotopic (exact) mass is 344 g/mol. The van der Waals surface area contributed by atoms with Crippen LogP contribution in [0.1, 0.15) is 11.1 Å². The number of nitrogens with one attached hydrogen (secondary N) is 1. The number of anilines is 1. The number of rotatable bonds is 4. The SMILES string of the molecule is Cc1ccc(Cl)cc1NS(=O)(=O)c1ccc(Cl)c(CN)c1.